The van der Waals surface area contributed by atoms with Crippen LogP contribution in [0.5, 0.6) is 11.5 Å². The number of hydrogen-bond acceptors (Lipinski definition) is 2. The summed E-state index contributed by atoms with van der Waals surface area (Å²) >= 11 is 6.00. The molecule has 0 saturated heterocycles. The maximum Gasteiger partial charge on any atom is 0.220 e. The van der Waals surface area contributed by atoms with Crippen molar-refractivity contribution in [3.8, 4) is 11.5 Å². The summed E-state index contributed by atoms with van der Waals surface area (Å²) in [6.07, 6.45) is 2.50. The van der Waals surface area contributed by atoms with Crippen LogP contribution in [-0.2, 0) is 11.8 Å². The fraction of sp³-hybridized carbons (Fsp3) is 0.250. The highest BCUT2D eigenvalue weighted by molar-refractivity contribution is 6.30. The Morgan fingerprint density at radius 3 is 2.52 bits per heavy atom. The monoisotopic (exact) mass is 460 g/mol. The number of amides is 1. The van der Waals surface area contributed by atoms with Crippen LogP contribution in [0.25, 0.3) is 10.9 Å². The Bertz CT molecular complexity index is 1240. The zero-order valence-corrected chi connectivity index (χ0v) is 20.0. The number of carbonyl (C=O) groups excluding carboxylic acids is 1. The van der Waals surface area contributed by atoms with E-state index in [2.05, 4.69) is 48.1 Å². The van der Waals surface area contributed by atoms with Crippen molar-refractivity contribution in [1.82, 2.24) is 9.88 Å². The van der Waals surface area contributed by atoms with Gasteiger partial charge in [0, 0.05) is 48.1 Å². The zero-order chi connectivity index (χ0) is 23.4. The molecule has 5 heteroatoms. The minimum absolute atomic E-state index is 0.0469. The maximum absolute atomic E-state index is 12.9. The molecule has 1 aromatic heterocycles. The van der Waals surface area contributed by atoms with E-state index in [1.165, 1.54) is 0 Å². The number of fused-ring (bicyclic) bond motifs is 1. The van der Waals surface area contributed by atoms with Gasteiger partial charge < -0.3 is 14.6 Å². The molecule has 0 fully saturated rings. The Morgan fingerprint density at radius 1 is 1.00 bits per heavy atom. The third kappa shape index (κ3) is 5.58. The molecule has 1 amide bonds. The lowest BCUT2D eigenvalue weighted by Gasteiger charge is -2.19. The SMILES string of the molecule is CC(C)CNC(=O)C[C@@H](c1cccc(Oc2ccc(Cl)cc2)c1)c1cn(C)c2ccccc12. The third-order valence-corrected chi connectivity index (χ3v) is 5.96. The Balaban J connectivity index is 1.70. The smallest absolute Gasteiger partial charge is 0.220 e. The number of aromatic nitrogens is 1. The van der Waals surface area contributed by atoms with Crippen molar-refractivity contribution in [2.45, 2.75) is 26.2 Å². The number of hydrogen-bond donors (Lipinski definition) is 1. The zero-order valence-electron chi connectivity index (χ0n) is 19.2. The Labute approximate surface area is 200 Å². The second-order valence-corrected chi connectivity index (χ2v) is 9.23. The van der Waals surface area contributed by atoms with Crippen LogP contribution in [0, 0.1) is 5.92 Å². The van der Waals surface area contributed by atoms with Crippen molar-refractivity contribution in [3.63, 3.8) is 0 Å². The predicted octanol–water partition coefficient (Wildman–Crippen LogP) is 6.92. The number of benzene rings is 3. The highest BCUT2D eigenvalue weighted by atomic mass is 35.5. The van der Waals surface area contributed by atoms with Crippen LogP contribution in [0.15, 0.2) is 79.0 Å². The Hall–Kier alpha value is -3.24. The summed E-state index contributed by atoms with van der Waals surface area (Å²) in [5.41, 5.74) is 3.32. The normalized spacial score (nSPS) is 12.2. The van der Waals surface area contributed by atoms with Gasteiger partial charge in [-0.3, -0.25) is 4.79 Å². The van der Waals surface area contributed by atoms with Crippen LogP contribution < -0.4 is 10.1 Å². The van der Waals surface area contributed by atoms with Gasteiger partial charge in [0.25, 0.3) is 0 Å². The summed E-state index contributed by atoms with van der Waals surface area (Å²) in [6, 6.07) is 23.6. The summed E-state index contributed by atoms with van der Waals surface area (Å²) in [4.78, 5) is 12.9. The van der Waals surface area contributed by atoms with E-state index in [1.54, 1.807) is 12.1 Å². The molecule has 0 aliphatic rings. The van der Waals surface area contributed by atoms with E-state index in [0.29, 0.717) is 29.7 Å². The number of halogens is 1. The second kappa shape index (κ2) is 10.1. The maximum atomic E-state index is 12.9. The summed E-state index contributed by atoms with van der Waals surface area (Å²) in [6.45, 7) is 4.86. The lowest BCUT2D eigenvalue weighted by Crippen LogP contribution is -2.28. The first-order valence-electron chi connectivity index (χ1n) is 11.2. The highest BCUT2D eigenvalue weighted by Gasteiger charge is 2.23. The van der Waals surface area contributed by atoms with Gasteiger partial charge in [-0.15, -0.1) is 0 Å². The van der Waals surface area contributed by atoms with Gasteiger partial charge in [-0.1, -0.05) is 55.8 Å². The fourth-order valence-electron chi connectivity index (χ4n) is 4.07. The van der Waals surface area contributed by atoms with Crippen LogP contribution in [0.1, 0.15) is 37.3 Å². The van der Waals surface area contributed by atoms with Gasteiger partial charge in [0.15, 0.2) is 0 Å². The molecule has 0 bridgehead atoms. The summed E-state index contributed by atoms with van der Waals surface area (Å²) in [5, 5.41) is 4.90. The van der Waals surface area contributed by atoms with Crippen LogP contribution >= 0.6 is 11.6 Å². The van der Waals surface area contributed by atoms with E-state index in [0.717, 1.165) is 27.8 Å². The molecule has 0 aliphatic carbocycles. The second-order valence-electron chi connectivity index (χ2n) is 8.80. The molecular weight excluding hydrogens is 432 g/mol. The number of nitrogens with zero attached hydrogens (tertiary/aromatic N) is 1. The first kappa shape index (κ1) is 22.9. The van der Waals surface area contributed by atoms with Crippen LogP contribution in [0.4, 0.5) is 0 Å². The number of nitrogens with one attached hydrogen (secondary N) is 1. The van der Waals surface area contributed by atoms with Gasteiger partial charge in [-0.25, -0.2) is 0 Å². The molecule has 1 atom stereocenters. The molecule has 1 N–H and O–H groups in total. The van der Waals surface area contributed by atoms with Crippen molar-refractivity contribution < 1.29 is 9.53 Å². The largest absolute Gasteiger partial charge is 0.457 e. The van der Waals surface area contributed by atoms with Crippen LogP contribution in [0.3, 0.4) is 0 Å². The lowest BCUT2D eigenvalue weighted by atomic mass is 9.88. The quantitative estimate of drug-likeness (QED) is 0.310. The minimum Gasteiger partial charge on any atom is -0.457 e. The van der Waals surface area contributed by atoms with E-state index in [-0.39, 0.29) is 11.8 Å². The first-order valence-corrected chi connectivity index (χ1v) is 11.6. The number of rotatable bonds is 8. The van der Waals surface area contributed by atoms with E-state index in [9.17, 15) is 4.79 Å². The van der Waals surface area contributed by atoms with Gasteiger partial charge >= 0.3 is 0 Å². The van der Waals surface area contributed by atoms with Crippen LogP contribution in [-0.4, -0.2) is 17.0 Å². The molecular formula is C28H29ClN2O2. The van der Waals surface area contributed by atoms with Crippen molar-refractivity contribution in [1.29, 1.82) is 0 Å². The molecule has 0 radical (unpaired) electrons. The summed E-state index contributed by atoms with van der Waals surface area (Å²) < 4.78 is 8.20. The van der Waals surface area contributed by atoms with Crippen molar-refractivity contribution in [3.05, 3.63) is 95.1 Å². The molecule has 4 rings (SSSR count). The molecule has 0 unspecified atom stereocenters. The molecule has 0 spiro atoms. The van der Waals surface area contributed by atoms with Gasteiger partial charge in [0.2, 0.25) is 5.91 Å². The van der Waals surface area contributed by atoms with E-state index in [1.807, 2.05) is 49.5 Å². The average molecular weight is 461 g/mol. The van der Waals surface area contributed by atoms with E-state index < -0.39 is 0 Å². The number of carbonyl (C=O) groups is 1. The molecule has 4 aromatic rings. The first-order chi connectivity index (χ1) is 15.9. The van der Waals surface area contributed by atoms with Crippen LogP contribution in [0.2, 0.25) is 5.02 Å². The molecule has 0 aliphatic heterocycles. The van der Waals surface area contributed by atoms with Gasteiger partial charge in [-0.05, 0) is 59.5 Å². The van der Waals surface area contributed by atoms with E-state index in [4.69, 9.17) is 16.3 Å². The number of para-hydroxylation sites is 1. The lowest BCUT2D eigenvalue weighted by molar-refractivity contribution is -0.121. The minimum atomic E-state index is -0.1000. The molecule has 170 valence electrons. The van der Waals surface area contributed by atoms with Gasteiger partial charge in [0.1, 0.15) is 11.5 Å². The Kier molecular flexibility index (Phi) is 7.05. The van der Waals surface area contributed by atoms with Crippen molar-refractivity contribution >= 4 is 28.4 Å². The standard InChI is InChI=1S/C28H29ClN2O2/c1-19(2)17-30-28(32)16-25(26-18-31(3)27-10-5-4-9-24(26)27)20-7-6-8-23(15-20)33-22-13-11-21(29)12-14-22/h4-15,18-19,25H,16-17H2,1-3H3,(H,30,32)/t25-/m0/s1. The predicted molar refractivity (Wildman–Crippen MR) is 135 cm³/mol. The van der Waals surface area contributed by atoms with Gasteiger partial charge in [0.05, 0.1) is 0 Å². The van der Waals surface area contributed by atoms with Crippen molar-refractivity contribution in [2.24, 2.45) is 13.0 Å². The number of ether oxygens (including phenoxy) is 1. The fourth-order valence-corrected chi connectivity index (χ4v) is 4.19. The van der Waals surface area contributed by atoms with Crippen molar-refractivity contribution in [2.75, 3.05) is 6.54 Å². The number of aryl methyl sites for hydroxylation is 1. The summed E-state index contributed by atoms with van der Waals surface area (Å²) in [5.74, 6) is 1.79. The Morgan fingerprint density at radius 2 is 1.76 bits per heavy atom. The molecule has 1 heterocycles. The molecule has 33 heavy (non-hydrogen) atoms. The molecule has 4 nitrogen and oxygen atoms in total. The topological polar surface area (TPSA) is 43.3 Å². The third-order valence-electron chi connectivity index (χ3n) is 5.71. The van der Waals surface area contributed by atoms with Gasteiger partial charge in [-0.2, -0.15) is 0 Å². The highest BCUT2D eigenvalue weighted by Crippen LogP contribution is 2.36. The molecule has 3 aromatic carbocycles. The average Bonchev–Trinajstić information content (AvgIpc) is 3.14. The summed E-state index contributed by atoms with van der Waals surface area (Å²) in [7, 11) is 2.04. The molecule has 0 saturated carbocycles. The van der Waals surface area contributed by atoms with E-state index >= 15 is 0 Å².